The Morgan fingerprint density at radius 2 is 2.00 bits per heavy atom. The van der Waals surface area contributed by atoms with Crippen LogP contribution in [0.2, 0.25) is 0 Å². The van der Waals surface area contributed by atoms with Crippen molar-refractivity contribution in [2.45, 2.75) is 25.9 Å². The minimum atomic E-state index is -0.481. The number of ether oxygens (including phenoxy) is 1. The molecule has 1 heterocycles. The Hall–Kier alpha value is -0.840. The lowest BCUT2D eigenvalue weighted by molar-refractivity contribution is 0.179. The van der Waals surface area contributed by atoms with Crippen molar-refractivity contribution in [2.24, 2.45) is 0 Å². The monoisotopic (exact) mass is 340 g/mol. The minimum absolute atomic E-state index is 0.481. The summed E-state index contributed by atoms with van der Waals surface area (Å²) in [6.45, 7) is 2.15. The largest absolute Gasteiger partial charge is 0.496 e. The van der Waals surface area contributed by atoms with E-state index < -0.39 is 6.10 Å². The van der Waals surface area contributed by atoms with Gasteiger partial charge in [0.15, 0.2) is 0 Å². The number of aliphatic hydroxyl groups excluding tert-OH is 1. The molecule has 0 fully saturated rings. The van der Waals surface area contributed by atoms with Gasteiger partial charge in [-0.15, -0.1) is 11.3 Å². The van der Waals surface area contributed by atoms with E-state index in [0.717, 1.165) is 22.2 Å². The van der Waals surface area contributed by atoms with Crippen molar-refractivity contribution in [1.82, 2.24) is 0 Å². The summed E-state index contributed by atoms with van der Waals surface area (Å²) in [4.78, 5) is 2.58. The normalized spacial score (nSPS) is 12.4. The first-order chi connectivity index (χ1) is 9.13. The van der Waals surface area contributed by atoms with E-state index in [9.17, 15) is 5.11 Å². The second kappa shape index (κ2) is 6.55. The highest BCUT2D eigenvalue weighted by Gasteiger charge is 2.12. The van der Waals surface area contributed by atoms with Crippen molar-refractivity contribution in [3.05, 3.63) is 50.1 Å². The number of hydrogen-bond acceptors (Lipinski definition) is 3. The number of aliphatic hydroxyl groups is 1. The van der Waals surface area contributed by atoms with Crippen LogP contribution in [0, 0.1) is 0 Å². The third-order valence-electron chi connectivity index (χ3n) is 3.02. The molecular formula is C15H17BrO2S. The van der Waals surface area contributed by atoms with Gasteiger partial charge < -0.3 is 9.84 Å². The van der Waals surface area contributed by atoms with Crippen molar-refractivity contribution in [3.63, 3.8) is 0 Å². The number of thiophene rings is 1. The van der Waals surface area contributed by atoms with Crippen LogP contribution in [-0.2, 0) is 12.8 Å². The van der Waals surface area contributed by atoms with Crippen LogP contribution < -0.4 is 4.74 Å². The van der Waals surface area contributed by atoms with E-state index in [2.05, 4.69) is 35.0 Å². The third-order valence-corrected chi connectivity index (χ3v) is 4.89. The van der Waals surface area contributed by atoms with Gasteiger partial charge >= 0.3 is 0 Å². The van der Waals surface area contributed by atoms with Crippen molar-refractivity contribution in [3.8, 4) is 5.75 Å². The predicted molar refractivity (Wildman–Crippen MR) is 83.1 cm³/mol. The summed E-state index contributed by atoms with van der Waals surface area (Å²) in [5.41, 5.74) is 0.902. The quantitative estimate of drug-likeness (QED) is 0.876. The molecule has 1 aromatic carbocycles. The van der Waals surface area contributed by atoms with E-state index in [1.54, 1.807) is 18.4 Å². The molecule has 0 saturated carbocycles. The van der Waals surface area contributed by atoms with Crippen LogP contribution in [-0.4, -0.2) is 12.2 Å². The van der Waals surface area contributed by atoms with Crippen LogP contribution in [0.1, 0.15) is 28.3 Å². The van der Waals surface area contributed by atoms with Gasteiger partial charge in [-0.05, 0) is 52.2 Å². The first-order valence-electron chi connectivity index (χ1n) is 6.23. The van der Waals surface area contributed by atoms with Crippen LogP contribution in [0.25, 0.3) is 0 Å². The fraction of sp³-hybridized carbons (Fsp3) is 0.333. The number of rotatable bonds is 5. The molecular weight excluding hydrogens is 324 g/mol. The summed E-state index contributed by atoms with van der Waals surface area (Å²) in [7, 11) is 1.63. The van der Waals surface area contributed by atoms with Gasteiger partial charge in [-0.1, -0.05) is 13.0 Å². The molecule has 0 saturated heterocycles. The molecule has 0 aliphatic carbocycles. The molecule has 102 valence electrons. The average molecular weight is 341 g/mol. The van der Waals surface area contributed by atoms with Gasteiger partial charge in [0.25, 0.3) is 0 Å². The van der Waals surface area contributed by atoms with Gasteiger partial charge in [0.1, 0.15) is 5.75 Å². The fourth-order valence-electron chi connectivity index (χ4n) is 1.92. The van der Waals surface area contributed by atoms with Gasteiger partial charge in [-0.25, -0.2) is 0 Å². The molecule has 0 radical (unpaired) electrons. The lowest BCUT2D eigenvalue weighted by atomic mass is 10.1. The molecule has 2 aromatic rings. The molecule has 1 unspecified atom stereocenters. The summed E-state index contributed by atoms with van der Waals surface area (Å²) in [6, 6.07) is 9.93. The number of hydrogen-bond donors (Lipinski definition) is 1. The Bertz CT molecular complexity index is 551. The van der Waals surface area contributed by atoms with E-state index in [1.165, 1.54) is 9.75 Å². The van der Waals surface area contributed by atoms with Crippen molar-refractivity contribution >= 4 is 27.3 Å². The van der Waals surface area contributed by atoms with Gasteiger partial charge in [0.2, 0.25) is 0 Å². The van der Waals surface area contributed by atoms with Crippen molar-refractivity contribution in [1.29, 1.82) is 0 Å². The molecule has 2 rings (SSSR count). The standard InChI is InChI=1S/C15H17BrO2S/c1-3-11-5-6-12(19-11)9-14(17)10-4-7-15(18-2)13(16)8-10/h4-8,14,17H,3,9H2,1-2H3. The first kappa shape index (κ1) is 14.6. The van der Waals surface area contributed by atoms with Crippen LogP contribution >= 0.6 is 27.3 Å². The fourth-order valence-corrected chi connectivity index (χ4v) is 3.47. The first-order valence-corrected chi connectivity index (χ1v) is 7.84. The molecule has 4 heteroatoms. The topological polar surface area (TPSA) is 29.5 Å². The third kappa shape index (κ3) is 3.59. The highest BCUT2D eigenvalue weighted by atomic mass is 79.9. The molecule has 0 aliphatic rings. The average Bonchev–Trinajstić information content (AvgIpc) is 2.86. The molecule has 19 heavy (non-hydrogen) atoms. The summed E-state index contributed by atoms with van der Waals surface area (Å²) in [5, 5.41) is 10.3. The molecule has 0 bridgehead atoms. The van der Waals surface area contributed by atoms with Crippen molar-refractivity contribution in [2.75, 3.05) is 7.11 Å². The number of benzene rings is 1. The molecule has 1 aromatic heterocycles. The molecule has 2 nitrogen and oxygen atoms in total. The Balaban J connectivity index is 2.10. The summed E-state index contributed by atoms with van der Waals surface area (Å²) in [6.07, 6.45) is 1.23. The van der Waals surface area contributed by atoms with Crippen LogP contribution in [0.15, 0.2) is 34.8 Å². The van der Waals surface area contributed by atoms with Crippen molar-refractivity contribution < 1.29 is 9.84 Å². The second-order valence-electron chi connectivity index (χ2n) is 4.34. The molecule has 0 amide bonds. The summed E-state index contributed by atoms with van der Waals surface area (Å²) < 4.78 is 6.06. The van der Waals surface area contributed by atoms with E-state index in [4.69, 9.17) is 4.74 Å². The smallest absolute Gasteiger partial charge is 0.133 e. The highest BCUT2D eigenvalue weighted by Crippen LogP contribution is 2.30. The number of halogens is 1. The van der Waals surface area contributed by atoms with E-state index in [1.807, 2.05) is 18.2 Å². The highest BCUT2D eigenvalue weighted by molar-refractivity contribution is 9.10. The number of aryl methyl sites for hydroxylation is 1. The lowest BCUT2D eigenvalue weighted by Gasteiger charge is -2.12. The van der Waals surface area contributed by atoms with Gasteiger partial charge in [-0.3, -0.25) is 0 Å². The van der Waals surface area contributed by atoms with E-state index in [-0.39, 0.29) is 0 Å². The molecule has 0 aliphatic heterocycles. The molecule has 1 N–H and O–H groups in total. The Morgan fingerprint density at radius 1 is 1.26 bits per heavy atom. The van der Waals surface area contributed by atoms with Crippen LogP contribution in [0.3, 0.4) is 0 Å². The zero-order valence-corrected chi connectivity index (χ0v) is 13.4. The van der Waals surface area contributed by atoms with Crippen LogP contribution in [0.4, 0.5) is 0 Å². The Labute approximate surface area is 126 Å². The minimum Gasteiger partial charge on any atom is -0.496 e. The maximum Gasteiger partial charge on any atom is 0.133 e. The summed E-state index contributed by atoms with van der Waals surface area (Å²) >= 11 is 5.21. The zero-order valence-electron chi connectivity index (χ0n) is 11.0. The van der Waals surface area contributed by atoms with Crippen LogP contribution in [0.5, 0.6) is 5.75 Å². The van der Waals surface area contributed by atoms with E-state index in [0.29, 0.717) is 6.42 Å². The Morgan fingerprint density at radius 3 is 2.58 bits per heavy atom. The van der Waals surface area contributed by atoms with Gasteiger partial charge in [-0.2, -0.15) is 0 Å². The van der Waals surface area contributed by atoms with E-state index >= 15 is 0 Å². The predicted octanol–water partition coefficient (Wildman–Crippen LogP) is 4.36. The maximum absolute atomic E-state index is 10.3. The van der Waals surface area contributed by atoms with Gasteiger partial charge in [0, 0.05) is 16.2 Å². The maximum atomic E-state index is 10.3. The molecule has 1 atom stereocenters. The lowest BCUT2D eigenvalue weighted by Crippen LogP contribution is -2.00. The summed E-state index contributed by atoms with van der Waals surface area (Å²) in [5.74, 6) is 0.778. The zero-order chi connectivity index (χ0) is 13.8. The van der Waals surface area contributed by atoms with Gasteiger partial charge in [0.05, 0.1) is 17.7 Å². The number of methoxy groups -OCH3 is 1. The SMILES string of the molecule is CCc1ccc(CC(O)c2ccc(OC)c(Br)c2)s1. The second-order valence-corrected chi connectivity index (χ2v) is 6.44. The molecule has 0 spiro atoms. The Kier molecular flexibility index (Phi) is 5.02.